The molecule has 0 fully saturated rings. The zero-order chi connectivity index (χ0) is 38.0. The predicted octanol–water partition coefficient (Wildman–Crippen LogP) is 12.9. The molecule has 0 bridgehead atoms. The highest BCUT2D eigenvalue weighted by atomic mass is 16.5. The Labute approximate surface area is 335 Å². The van der Waals surface area contributed by atoms with E-state index in [1.165, 1.54) is 60.7 Å². The second kappa shape index (κ2) is 11.7. The lowest BCUT2D eigenvalue weighted by Crippen LogP contribution is -2.37. The van der Waals surface area contributed by atoms with E-state index < -0.39 is 5.41 Å². The Morgan fingerprint density at radius 1 is 0.466 bits per heavy atom. The van der Waals surface area contributed by atoms with Crippen LogP contribution in [0.5, 0.6) is 11.5 Å². The topological polar surface area (TPSA) is 31.1 Å². The summed E-state index contributed by atoms with van der Waals surface area (Å²) in [7, 11) is 0. The van der Waals surface area contributed by atoms with Crippen molar-refractivity contribution < 1.29 is 4.74 Å². The number of fused-ring (bicyclic) bond motifs is 14. The molecule has 4 nitrogen and oxygen atoms in total. The van der Waals surface area contributed by atoms with Crippen LogP contribution in [0.2, 0.25) is 0 Å². The summed E-state index contributed by atoms with van der Waals surface area (Å²) in [6.07, 6.45) is 4.67. The molecule has 2 atom stereocenters. The fourth-order valence-corrected chi connectivity index (χ4v) is 10.4. The standard InChI is InChI=1S/C54H35N3O/c1-3-16-34(17-4-1)36-30-45(35-18-5-2-6-19-35)55-52(31-36)56-46-26-11-8-21-38(46)40-32-51-44(33-49(40)56)54(42-24-10-14-29-50(42)58-51)41-23-9-13-28-48(41)57-47-27-12-7-20-37(47)39-22-15-25-43(54)53(39)57/h1-33,45,55H. The molecule has 2 unspecified atom stereocenters. The number of dihydropyridines is 1. The minimum atomic E-state index is -0.670. The number of benzene rings is 8. The van der Waals surface area contributed by atoms with E-state index in [9.17, 15) is 0 Å². The lowest BCUT2D eigenvalue weighted by atomic mass is 9.61. The van der Waals surface area contributed by atoms with Crippen molar-refractivity contribution in [3.05, 3.63) is 234 Å². The number of nitrogens with zero attached hydrogens (tertiary/aromatic N) is 2. The zero-order valence-corrected chi connectivity index (χ0v) is 31.4. The van der Waals surface area contributed by atoms with E-state index in [0.717, 1.165) is 44.9 Å². The van der Waals surface area contributed by atoms with Gasteiger partial charge in [-0.05, 0) is 76.4 Å². The van der Waals surface area contributed by atoms with Crippen molar-refractivity contribution in [2.75, 3.05) is 0 Å². The van der Waals surface area contributed by atoms with Gasteiger partial charge in [-0.1, -0.05) is 152 Å². The Balaban J connectivity index is 1.15. The second-order valence-electron chi connectivity index (χ2n) is 15.7. The highest BCUT2D eigenvalue weighted by Gasteiger charge is 2.50. The Morgan fingerprint density at radius 3 is 1.93 bits per heavy atom. The van der Waals surface area contributed by atoms with Crippen LogP contribution in [0, 0.1) is 0 Å². The fraction of sp³-hybridized carbons (Fsp3) is 0.0370. The van der Waals surface area contributed by atoms with E-state index in [1.54, 1.807) is 0 Å². The van der Waals surface area contributed by atoms with Crippen molar-refractivity contribution in [2.24, 2.45) is 0 Å². The summed E-state index contributed by atoms with van der Waals surface area (Å²) in [5.74, 6) is 2.79. The Bertz CT molecular complexity index is 3410. The lowest BCUT2D eigenvalue weighted by Gasteiger charge is -2.45. The molecule has 1 N–H and O–H groups in total. The molecule has 2 aromatic heterocycles. The lowest BCUT2D eigenvalue weighted by molar-refractivity contribution is 0.435. The van der Waals surface area contributed by atoms with Gasteiger partial charge in [0, 0.05) is 32.7 Å². The molecule has 3 aliphatic heterocycles. The molecule has 5 heterocycles. The first-order valence-electron chi connectivity index (χ1n) is 20.1. The van der Waals surface area contributed by atoms with Crippen LogP contribution in [0.15, 0.2) is 200 Å². The van der Waals surface area contributed by atoms with Crippen molar-refractivity contribution in [2.45, 2.75) is 11.5 Å². The van der Waals surface area contributed by atoms with Crippen molar-refractivity contribution in [3.8, 4) is 17.2 Å². The van der Waals surface area contributed by atoms with Crippen LogP contribution >= 0.6 is 0 Å². The molecule has 3 aliphatic rings. The Hall–Kier alpha value is -7.56. The number of para-hydroxylation sites is 5. The highest BCUT2D eigenvalue weighted by molar-refractivity contribution is 6.14. The van der Waals surface area contributed by atoms with E-state index in [4.69, 9.17) is 4.74 Å². The molecule has 0 radical (unpaired) electrons. The van der Waals surface area contributed by atoms with Gasteiger partial charge in [-0.15, -0.1) is 0 Å². The molecule has 1 spiro atoms. The molecule has 272 valence electrons. The zero-order valence-electron chi connectivity index (χ0n) is 31.4. The average molecular weight is 742 g/mol. The van der Waals surface area contributed by atoms with Gasteiger partial charge >= 0.3 is 0 Å². The largest absolute Gasteiger partial charge is 0.457 e. The smallest absolute Gasteiger partial charge is 0.133 e. The molecule has 58 heavy (non-hydrogen) atoms. The molecule has 4 heteroatoms. The van der Waals surface area contributed by atoms with E-state index in [0.29, 0.717) is 0 Å². The molecule has 0 saturated heterocycles. The number of nitrogens with one attached hydrogen (secondary N) is 1. The van der Waals surface area contributed by atoms with Crippen LogP contribution in [0.25, 0.3) is 60.7 Å². The third kappa shape index (κ3) is 4.13. The monoisotopic (exact) mass is 741 g/mol. The van der Waals surface area contributed by atoms with Gasteiger partial charge in [0.2, 0.25) is 0 Å². The van der Waals surface area contributed by atoms with Gasteiger partial charge in [0.05, 0.1) is 39.2 Å². The number of hydrogen-bond donors (Lipinski definition) is 1. The molecule has 8 aromatic carbocycles. The first-order chi connectivity index (χ1) is 28.8. The maximum atomic E-state index is 7.07. The van der Waals surface area contributed by atoms with Crippen LogP contribution < -0.4 is 10.1 Å². The highest BCUT2D eigenvalue weighted by Crippen LogP contribution is 2.61. The molecular weight excluding hydrogens is 707 g/mol. The van der Waals surface area contributed by atoms with E-state index in [2.05, 4.69) is 215 Å². The van der Waals surface area contributed by atoms with E-state index >= 15 is 0 Å². The SMILES string of the molecule is C1=C(c2ccccc2)C=C(n2c3ccccc3c3cc4c(cc32)C2(c3ccccc3O4)c3ccccc3-n3c4ccccc4c4cccc2c43)NC1c1ccccc1. The normalized spacial score (nSPS) is 17.7. The summed E-state index contributed by atoms with van der Waals surface area (Å²) in [6, 6.07) is 68.4. The van der Waals surface area contributed by atoms with Gasteiger partial charge in [0.15, 0.2) is 0 Å². The Morgan fingerprint density at radius 2 is 1.10 bits per heavy atom. The Kier molecular flexibility index (Phi) is 6.40. The van der Waals surface area contributed by atoms with Gasteiger partial charge in [-0.25, -0.2) is 0 Å². The van der Waals surface area contributed by atoms with Gasteiger partial charge in [-0.2, -0.15) is 0 Å². The quantitative estimate of drug-likeness (QED) is 0.195. The van der Waals surface area contributed by atoms with Gasteiger partial charge in [-0.3, -0.25) is 4.57 Å². The van der Waals surface area contributed by atoms with Gasteiger partial charge < -0.3 is 14.6 Å². The molecule has 0 saturated carbocycles. The molecular formula is C54H35N3O. The summed E-state index contributed by atoms with van der Waals surface area (Å²) in [5.41, 5.74) is 13.6. The number of hydrogen-bond acceptors (Lipinski definition) is 2. The number of rotatable bonds is 3. The first-order valence-corrected chi connectivity index (χ1v) is 20.1. The first kappa shape index (κ1) is 31.6. The maximum Gasteiger partial charge on any atom is 0.133 e. The van der Waals surface area contributed by atoms with Crippen LogP contribution in [-0.4, -0.2) is 9.13 Å². The maximum absolute atomic E-state index is 7.07. The summed E-state index contributed by atoms with van der Waals surface area (Å²) in [6.45, 7) is 0. The van der Waals surface area contributed by atoms with Crippen LogP contribution in [0.1, 0.15) is 39.4 Å². The molecule has 10 aromatic rings. The summed E-state index contributed by atoms with van der Waals surface area (Å²) in [4.78, 5) is 0. The van der Waals surface area contributed by atoms with Crippen molar-refractivity contribution in [1.82, 2.24) is 14.5 Å². The average Bonchev–Trinajstić information content (AvgIpc) is 3.81. The minimum absolute atomic E-state index is 0.0310. The fourth-order valence-electron chi connectivity index (χ4n) is 10.4. The molecule has 0 amide bonds. The molecule has 13 rings (SSSR count). The molecule has 0 aliphatic carbocycles. The van der Waals surface area contributed by atoms with Crippen LogP contribution in [0.3, 0.4) is 0 Å². The van der Waals surface area contributed by atoms with Crippen molar-refractivity contribution in [1.29, 1.82) is 0 Å². The van der Waals surface area contributed by atoms with Gasteiger partial charge in [0.25, 0.3) is 0 Å². The second-order valence-corrected chi connectivity index (χ2v) is 15.7. The van der Waals surface area contributed by atoms with E-state index in [-0.39, 0.29) is 6.04 Å². The number of ether oxygens (including phenoxy) is 1. The minimum Gasteiger partial charge on any atom is -0.457 e. The number of allylic oxidation sites excluding steroid dienone is 2. The number of aromatic nitrogens is 2. The van der Waals surface area contributed by atoms with E-state index in [1.807, 2.05) is 0 Å². The summed E-state index contributed by atoms with van der Waals surface area (Å²) in [5, 5.41) is 8.84. The van der Waals surface area contributed by atoms with Crippen molar-refractivity contribution in [3.63, 3.8) is 0 Å². The van der Waals surface area contributed by atoms with Crippen molar-refractivity contribution >= 4 is 55.0 Å². The summed E-state index contributed by atoms with van der Waals surface area (Å²) < 4.78 is 12.0. The predicted molar refractivity (Wildman–Crippen MR) is 237 cm³/mol. The third-order valence-electron chi connectivity index (χ3n) is 12.8. The van der Waals surface area contributed by atoms with Crippen LogP contribution in [-0.2, 0) is 5.41 Å². The third-order valence-corrected chi connectivity index (χ3v) is 12.8. The van der Waals surface area contributed by atoms with Crippen LogP contribution in [0.4, 0.5) is 0 Å². The van der Waals surface area contributed by atoms with Gasteiger partial charge in [0.1, 0.15) is 17.3 Å². The summed E-state index contributed by atoms with van der Waals surface area (Å²) >= 11 is 0.